The molecule has 6 rings (SSSR count). The molecule has 0 N–H and O–H groups in total. The van der Waals surface area contributed by atoms with E-state index in [-0.39, 0.29) is 0 Å². The van der Waals surface area contributed by atoms with E-state index < -0.39 is 0 Å². The molecule has 3 heterocycles. The third kappa shape index (κ3) is 2.63. The van der Waals surface area contributed by atoms with Crippen LogP contribution in [0, 0.1) is 0 Å². The number of benzene rings is 3. The van der Waals surface area contributed by atoms with Crippen LogP contribution < -0.4 is 0 Å². The lowest BCUT2D eigenvalue weighted by atomic mass is 10.0. The van der Waals surface area contributed by atoms with Gasteiger partial charge in [0.25, 0.3) is 0 Å². The van der Waals surface area contributed by atoms with Gasteiger partial charge in [0.05, 0.1) is 16.9 Å². The number of hydrogen-bond acceptors (Lipinski definition) is 3. The molecular formula is C26H16N2S. The minimum Gasteiger partial charge on any atom is -0.256 e. The number of pyridine rings is 2. The van der Waals surface area contributed by atoms with Crippen LogP contribution >= 0.6 is 11.3 Å². The van der Waals surface area contributed by atoms with E-state index in [0.717, 1.165) is 33.4 Å². The molecule has 0 atom stereocenters. The minimum absolute atomic E-state index is 0.965. The molecule has 0 amide bonds. The van der Waals surface area contributed by atoms with Gasteiger partial charge in [-0.15, -0.1) is 11.3 Å². The summed E-state index contributed by atoms with van der Waals surface area (Å²) >= 11 is 1.83. The number of aromatic nitrogens is 2. The maximum absolute atomic E-state index is 5.13. The van der Waals surface area contributed by atoms with Gasteiger partial charge < -0.3 is 0 Å². The van der Waals surface area contributed by atoms with Crippen LogP contribution in [0.4, 0.5) is 0 Å². The van der Waals surface area contributed by atoms with Crippen molar-refractivity contribution in [2.24, 2.45) is 0 Å². The van der Waals surface area contributed by atoms with Gasteiger partial charge in [0.15, 0.2) is 0 Å². The molecule has 3 aromatic carbocycles. The lowest BCUT2D eigenvalue weighted by Gasteiger charge is -2.10. The SMILES string of the molecule is c1ccc(-c2nc(-c3cccc4c3sc3ccccc34)cc3ncccc23)cc1. The fourth-order valence-corrected chi connectivity index (χ4v) is 5.20. The van der Waals surface area contributed by atoms with E-state index in [1.165, 1.54) is 20.2 Å². The number of fused-ring (bicyclic) bond motifs is 4. The second kappa shape index (κ2) is 6.50. The van der Waals surface area contributed by atoms with Crippen molar-refractivity contribution in [3.05, 3.63) is 97.2 Å². The summed E-state index contributed by atoms with van der Waals surface area (Å²) in [5.41, 5.74) is 5.18. The lowest BCUT2D eigenvalue weighted by Crippen LogP contribution is -1.92. The average molecular weight is 388 g/mol. The summed E-state index contributed by atoms with van der Waals surface area (Å²) < 4.78 is 2.58. The number of hydrogen-bond donors (Lipinski definition) is 0. The molecule has 3 aromatic heterocycles. The Hall–Kier alpha value is -3.56. The molecule has 0 saturated carbocycles. The normalized spacial score (nSPS) is 11.4. The highest BCUT2D eigenvalue weighted by molar-refractivity contribution is 7.26. The maximum atomic E-state index is 5.13. The second-order valence-electron chi connectivity index (χ2n) is 7.07. The molecule has 0 aliphatic carbocycles. The molecule has 3 heteroatoms. The van der Waals surface area contributed by atoms with Crippen molar-refractivity contribution >= 4 is 42.4 Å². The minimum atomic E-state index is 0.965. The molecule has 0 unspecified atom stereocenters. The van der Waals surface area contributed by atoms with Gasteiger partial charge in [-0.05, 0) is 24.3 Å². The van der Waals surface area contributed by atoms with Crippen LogP contribution in [0.3, 0.4) is 0 Å². The van der Waals surface area contributed by atoms with Crippen LogP contribution in [-0.4, -0.2) is 9.97 Å². The molecule has 0 fully saturated rings. The van der Waals surface area contributed by atoms with Gasteiger partial charge in [0.1, 0.15) is 0 Å². The Morgan fingerprint density at radius 1 is 0.655 bits per heavy atom. The Balaban J connectivity index is 1.69. The van der Waals surface area contributed by atoms with E-state index in [2.05, 4.69) is 83.8 Å². The van der Waals surface area contributed by atoms with Crippen molar-refractivity contribution < 1.29 is 0 Å². The lowest BCUT2D eigenvalue weighted by molar-refractivity contribution is 1.33. The van der Waals surface area contributed by atoms with E-state index >= 15 is 0 Å². The Kier molecular flexibility index (Phi) is 3.68. The van der Waals surface area contributed by atoms with E-state index in [1.807, 2.05) is 29.7 Å². The van der Waals surface area contributed by atoms with Crippen molar-refractivity contribution in [3.8, 4) is 22.5 Å². The van der Waals surface area contributed by atoms with Crippen LogP contribution in [0.5, 0.6) is 0 Å². The number of rotatable bonds is 2. The predicted octanol–water partition coefficient (Wildman–Crippen LogP) is 7.33. The molecule has 0 bridgehead atoms. The van der Waals surface area contributed by atoms with Gasteiger partial charge in [-0.1, -0.05) is 66.7 Å². The summed E-state index contributed by atoms with van der Waals surface area (Å²) in [5, 5.41) is 3.66. The van der Waals surface area contributed by atoms with Crippen molar-refractivity contribution in [3.63, 3.8) is 0 Å². The van der Waals surface area contributed by atoms with Gasteiger partial charge in [-0.3, -0.25) is 4.98 Å². The monoisotopic (exact) mass is 388 g/mol. The molecular weight excluding hydrogens is 372 g/mol. The first kappa shape index (κ1) is 16.4. The summed E-state index contributed by atoms with van der Waals surface area (Å²) in [4.78, 5) is 9.77. The number of thiophene rings is 1. The van der Waals surface area contributed by atoms with Crippen LogP contribution in [0.1, 0.15) is 0 Å². The Morgan fingerprint density at radius 2 is 1.45 bits per heavy atom. The van der Waals surface area contributed by atoms with E-state index in [4.69, 9.17) is 4.98 Å². The highest BCUT2D eigenvalue weighted by Crippen LogP contribution is 2.40. The van der Waals surface area contributed by atoms with Crippen molar-refractivity contribution in [2.75, 3.05) is 0 Å². The van der Waals surface area contributed by atoms with E-state index in [9.17, 15) is 0 Å². The highest BCUT2D eigenvalue weighted by atomic mass is 32.1. The largest absolute Gasteiger partial charge is 0.256 e. The van der Waals surface area contributed by atoms with Crippen molar-refractivity contribution in [2.45, 2.75) is 0 Å². The second-order valence-corrected chi connectivity index (χ2v) is 8.12. The fourth-order valence-electron chi connectivity index (χ4n) is 3.98. The third-order valence-electron chi connectivity index (χ3n) is 5.33. The van der Waals surface area contributed by atoms with Crippen LogP contribution in [0.25, 0.3) is 53.6 Å². The molecule has 0 spiro atoms. The smallest absolute Gasteiger partial charge is 0.0803 e. The van der Waals surface area contributed by atoms with Gasteiger partial charge in [-0.25, -0.2) is 4.98 Å². The van der Waals surface area contributed by atoms with Crippen LogP contribution in [0.2, 0.25) is 0 Å². The fraction of sp³-hybridized carbons (Fsp3) is 0. The predicted molar refractivity (Wildman–Crippen MR) is 123 cm³/mol. The summed E-state index contributed by atoms with van der Waals surface area (Å²) in [6, 6.07) is 31.6. The Morgan fingerprint density at radius 3 is 2.38 bits per heavy atom. The van der Waals surface area contributed by atoms with E-state index in [1.54, 1.807) is 0 Å². The van der Waals surface area contributed by atoms with Gasteiger partial charge in [0, 0.05) is 42.9 Å². The van der Waals surface area contributed by atoms with Gasteiger partial charge >= 0.3 is 0 Å². The van der Waals surface area contributed by atoms with Gasteiger partial charge in [-0.2, -0.15) is 0 Å². The first-order valence-electron chi connectivity index (χ1n) is 9.60. The van der Waals surface area contributed by atoms with Gasteiger partial charge in [0.2, 0.25) is 0 Å². The quantitative estimate of drug-likeness (QED) is 0.310. The summed E-state index contributed by atoms with van der Waals surface area (Å²) in [6.07, 6.45) is 1.85. The molecule has 0 aliphatic rings. The van der Waals surface area contributed by atoms with Crippen molar-refractivity contribution in [1.29, 1.82) is 0 Å². The Bertz CT molecular complexity index is 1500. The summed E-state index contributed by atoms with van der Waals surface area (Å²) in [6.45, 7) is 0. The topological polar surface area (TPSA) is 25.8 Å². The standard InChI is InChI=1S/C26H16N2S/c1-2-8-17(9-3-1)25-20-13-7-15-27-22(20)16-23(28-25)21-12-6-11-19-18-10-4-5-14-24(18)29-26(19)21/h1-16H. The molecule has 136 valence electrons. The zero-order chi connectivity index (χ0) is 19.2. The molecule has 0 aliphatic heterocycles. The molecule has 6 aromatic rings. The van der Waals surface area contributed by atoms with Crippen molar-refractivity contribution in [1.82, 2.24) is 9.97 Å². The third-order valence-corrected chi connectivity index (χ3v) is 6.55. The highest BCUT2D eigenvalue weighted by Gasteiger charge is 2.14. The first-order valence-corrected chi connectivity index (χ1v) is 10.4. The summed E-state index contributed by atoms with van der Waals surface area (Å²) in [5.74, 6) is 0. The zero-order valence-corrected chi connectivity index (χ0v) is 16.4. The number of nitrogens with zero attached hydrogens (tertiary/aromatic N) is 2. The van der Waals surface area contributed by atoms with Crippen LogP contribution in [-0.2, 0) is 0 Å². The molecule has 0 saturated heterocycles. The zero-order valence-electron chi connectivity index (χ0n) is 15.5. The Labute approximate surface area is 172 Å². The molecule has 2 nitrogen and oxygen atoms in total. The maximum Gasteiger partial charge on any atom is 0.0803 e. The van der Waals surface area contributed by atoms with E-state index in [0.29, 0.717) is 0 Å². The average Bonchev–Trinajstić information content (AvgIpc) is 3.18. The summed E-state index contributed by atoms with van der Waals surface area (Å²) in [7, 11) is 0. The first-order chi connectivity index (χ1) is 14.4. The molecule has 0 radical (unpaired) electrons. The van der Waals surface area contributed by atoms with Crippen LogP contribution in [0.15, 0.2) is 97.2 Å². The molecule has 29 heavy (non-hydrogen) atoms.